The lowest BCUT2D eigenvalue weighted by Crippen LogP contribution is -2.27. The largest absolute Gasteiger partial charge is 0.397 e. The van der Waals surface area contributed by atoms with Crippen LogP contribution in [0.2, 0.25) is 0 Å². The third-order valence-corrected chi connectivity index (χ3v) is 4.06. The predicted molar refractivity (Wildman–Crippen MR) is 90.2 cm³/mol. The van der Waals surface area contributed by atoms with Crippen LogP contribution in [-0.2, 0) is 0 Å². The van der Waals surface area contributed by atoms with E-state index in [0.29, 0.717) is 16.9 Å². The molecule has 2 rings (SSSR count). The second-order valence-electron chi connectivity index (χ2n) is 4.53. The van der Waals surface area contributed by atoms with E-state index in [1.807, 2.05) is 37.3 Å². The lowest BCUT2D eigenvalue weighted by Gasteiger charge is -2.20. The summed E-state index contributed by atoms with van der Waals surface area (Å²) in [4.78, 5) is 14.1. The van der Waals surface area contributed by atoms with Crippen LogP contribution in [0.4, 0.5) is 11.4 Å². The first kappa shape index (κ1) is 15.1. The molecule has 2 N–H and O–H groups in total. The Hall–Kier alpha value is -1.33. The summed E-state index contributed by atoms with van der Waals surface area (Å²) < 4.78 is 1.84. The van der Waals surface area contributed by atoms with Gasteiger partial charge in [0.2, 0.25) is 0 Å². The summed E-state index contributed by atoms with van der Waals surface area (Å²) in [5.41, 5.74) is 8.81. The van der Waals surface area contributed by atoms with Crippen molar-refractivity contribution in [3.63, 3.8) is 0 Å². The van der Waals surface area contributed by atoms with Gasteiger partial charge < -0.3 is 10.6 Å². The van der Waals surface area contributed by atoms with Crippen LogP contribution in [0, 0.1) is 6.92 Å². The Labute approximate surface area is 135 Å². The summed E-state index contributed by atoms with van der Waals surface area (Å²) in [6.07, 6.45) is 0. The molecule has 0 aromatic heterocycles. The van der Waals surface area contributed by atoms with Crippen LogP contribution in [-0.4, -0.2) is 13.0 Å². The summed E-state index contributed by atoms with van der Waals surface area (Å²) in [6, 6.07) is 11.1. The maximum atomic E-state index is 12.6. The van der Waals surface area contributed by atoms with Crippen molar-refractivity contribution in [3.05, 3.63) is 56.5 Å². The second-order valence-corrected chi connectivity index (χ2v) is 6.36. The average molecular weight is 398 g/mol. The van der Waals surface area contributed by atoms with Gasteiger partial charge in [0, 0.05) is 21.6 Å². The highest BCUT2D eigenvalue weighted by molar-refractivity contribution is 9.10. The van der Waals surface area contributed by atoms with Crippen molar-refractivity contribution in [2.45, 2.75) is 6.92 Å². The molecule has 0 spiro atoms. The van der Waals surface area contributed by atoms with Crippen LogP contribution in [0.15, 0.2) is 45.3 Å². The number of carbonyl (C=O) groups excluding carboxylic acids is 1. The highest BCUT2D eigenvalue weighted by Crippen LogP contribution is 2.27. The van der Waals surface area contributed by atoms with E-state index in [1.165, 1.54) is 0 Å². The molecule has 0 saturated carbocycles. The smallest absolute Gasteiger partial charge is 0.258 e. The maximum Gasteiger partial charge on any atom is 0.258 e. The van der Waals surface area contributed by atoms with Crippen molar-refractivity contribution in [1.29, 1.82) is 0 Å². The molecule has 5 heteroatoms. The van der Waals surface area contributed by atoms with Crippen molar-refractivity contribution < 1.29 is 4.79 Å². The van der Waals surface area contributed by atoms with Crippen molar-refractivity contribution in [1.82, 2.24) is 0 Å². The zero-order valence-corrected chi connectivity index (χ0v) is 14.3. The molecule has 0 aliphatic heterocycles. The van der Waals surface area contributed by atoms with Crippen LogP contribution >= 0.6 is 31.9 Å². The van der Waals surface area contributed by atoms with Gasteiger partial charge >= 0.3 is 0 Å². The van der Waals surface area contributed by atoms with Crippen LogP contribution < -0.4 is 10.6 Å². The van der Waals surface area contributed by atoms with E-state index in [1.54, 1.807) is 18.0 Å². The first-order valence-corrected chi connectivity index (χ1v) is 7.58. The van der Waals surface area contributed by atoms with Gasteiger partial charge in [-0.15, -0.1) is 0 Å². The fourth-order valence-corrected chi connectivity index (χ4v) is 2.84. The first-order valence-electron chi connectivity index (χ1n) is 5.99. The minimum Gasteiger partial charge on any atom is -0.397 e. The molecular weight excluding hydrogens is 384 g/mol. The Morgan fingerprint density at radius 2 is 1.70 bits per heavy atom. The quantitative estimate of drug-likeness (QED) is 0.764. The molecule has 2 aromatic rings. The standard InChI is InChI=1S/C15H14Br2N2O/c1-9-7-10(16)3-5-12(9)15(20)19(2)14-6-4-11(17)8-13(14)18/h3-8H,18H2,1-2H3. The number of hydrogen-bond acceptors (Lipinski definition) is 2. The molecular formula is C15H14Br2N2O. The van der Waals surface area contributed by atoms with Gasteiger partial charge in [-0.05, 0) is 48.9 Å². The van der Waals surface area contributed by atoms with Gasteiger partial charge in [-0.25, -0.2) is 0 Å². The molecule has 0 aliphatic rings. The van der Waals surface area contributed by atoms with Crippen LogP contribution in [0.5, 0.6) is 0 Å². The number of anilines is 2. The summed E-state index contributed by atoms with van der Waals surface area (Å²) in [5, 5.41) is 0. The fraction of sp³-hybridized carbons (Fsp3) is 0.133. The molecule has 2 aromatic carbocycles. The van der Waals surface area contributed by atoms with E-state index in [0.717, 1.165) is 14.5 Å². The molecule has 104 valence electrons. The number of benzene rings is 2. The summed E-state index contributed by atoms with van der Waals surface area (Å²) >= 11 is 6.76. The van der Waals surface area contributed by atoms with Crippen molar-refractivity contribution in [2.75, 3.05) is 17.7 Å². The van der Waals surface area contributed by atoms with Crippen LogP contribution in [0.25, 0.3) is 0 Å². The monoisotopic (exact) mass is 396 g/mol. The molecule has 0 atom stereocenters. The molecule has 0 radical (unpaired) electrons. The number of rotatable bonds is 2. The zero-order chi connectivity index (χ0) is 14.9. The minimum absolute atomic E-state index is 0.0796. The number of nitrogens with two attached hydrogens (primary N) is 1. The van der Waals surface area contributed by atoms with Gasteiger partial charge in [0.15, 0.2) is 0 Å². The summed E-state index contributed by atoms with van der Waals surface area (Å²) in [6.45, 7) is 1.91. The zero-order valence-electron chi connectivity index (χ0n) is 11.2. The number of carbonyl (C=O) groups is 1. The van der Waals surface area contributed by atoms with Gasteiger partial charge in [0.25, 0.3) is 5.91 Å². The molecule has 0 fully saturated rings. The molecule has 20 heavy (non-hydrogen) atoms. The van der Waals surface area contributed by atoms with E-state index in [4.69, 9.17) is 5.73 Å². The van der Waals surface area contributed by atoms with Gasteiger partial charge in [-0.1, -0.05) is 31.9 Å². The van der Waals surface area contributed by atoms with E-state index < -0.39 is 0 Å². The van der Waals surface area contributed by atoms with E-state index in [2.05, 4.69) is 31.9 Å². The number of nitrogen functional groups attached to an aromatic ring is 1. The maximum absolute atomic E-state index is 12.6. The van der Waals surface area contributed by atoms with E-state index in [-0.39, 0.29) is 5.91 Å². The topological polar surface area (TPSA) is 46.3 Å². The lowest BCUT2D eigenvalue weighted by molar-refractivity contribution is 0.0992. The normalized spacial score (nSPS) is 10.4. The predicted octanol–water partition coefficient (Wildman–Crippen LogP) is 4.38. The number of amides is 1. The van der Waals surface area contributed by atoms with Crippen molar-refractivity contribution in [3.8, 4) is 0 Å². The Morgan fingerprint density at radius 3 is 2.30 bits per heavy atom. The summed E-state index contributed by atoms with van der Waals surface area (Å²) in [7, 11) is 1.73. The molecule has 3 nitrogen and oxygen atoms in total. The molecule has 0 unspecified atom stereocenters. The Balaban J connectivity index is 2.37. The van der Waals surface area contributed by atoms with Crippen molar-refractivity contribution >= 4 is 49.1 Å². The SMILES string of the molecule is Cc1cc(Br)ccc1C(=O)N(C)c1ccc(Br)cc1N. The molecule has 0 bridgehead atoms. The number of aryl methyl sites for hydroxylation is 1. The molecule has 0 aliphatic carbocycles. The van der Waals surface area contributed by atoms with Gasteiger partial charge in [-0.3, -0.25) is 4.79 Å². The molecule has 1 amide bonds. The van der Waals surface area contributed by atoms with Crippen LogP contribution in [0.3, 0.4) is 0 Å². The Kier molecular flexibility index (Phi) is 4.50. The van der Waals surface area contributed by atoms with E-state index in [9.17, 15) is 4.79 Å². The number of hydrogen-bond donors (Lipinski definition) is 1. The second kappa shape index (κ2) is 5.97. The first-order chi connectivity index (χ1) is 9.40. The van der Waals surface area contributed by atoms with E-state index >= 15 is 0 Å². The van der Waals surface area contributed by atoms with Crippen LogP contribution in [0.1, 0.15) is 15.9 Å². The highest BCUT2D eigenvalue weighted by atomic mass is 79.9. The average Bonchev–Trinajstić information content (AvgIpc) is 2.37. The third kappa shape index (κ3) is 3.04. The Morgan fingerprint density at radius 1 is 1.10 bits per heavy atom. The highest BCUT2D eigenvalue weighted by Gasteiger charge is 2.17. The van der Waals surface area contributed by atoms with Gasteiger partial charge in [0.1, 0.15) is 0 Å². The van der Waals surface area contributed by atoms with Gasteiger partial charge in [-0.2, -0.15) is 0 Å². The lowest BCUT2D eigenvalue weighted by atomic mass is 10.1. The number of halogens is 2. The third-order valence-electron chi connectivity index (χ3n) is 3.07. The number of nitrogens with zero attached hydrogens (tertiary/aromatic N) is 1. The van der Waals surface area contributed by atoms with Gasteiger partial charge in [0.05, 0.1) is 11.4 Å². The fourth-order valence-electron chi connectivity index (χ4n) is 1.99. The Bertz CT molecular complexity index is 671. The summed E-state index contributed by atoms with van der Waals surface area (Å²) in [5.74, 6) is -0.0796. The van der Waals surface area contributed by atoms with Crippen molar-refractivity contribution in [2.24, 2.45) is 0 Å². The molecule has 0 heterocycles. The molecule has 0 saturated heterocycles. The minimum atomic E-state index is -0.0796.